The van der Waals surface area contributed by atoms with Crippen LogP contribution in [0, 0.1) is 0 Å². The normalized spacial score (nSPS) is 18.6. The summed E-state index contributed by atoms with van der Waals surface area (Å²) < 4.78 is 0. The van der Waals surface area contributed by atoms with Gasteiger partial charge in [0.1, 0.15) is 12.1 Å². The van der Waals surface area contributed by atoms with Crippen LogP contribution < -0.4 is 22.1 Å². The van der Waals surface area contributed by atoms with Gasteiger partial charge in [-0.05, 0) is 49.2 Å². The highest BCUT2D eigenvalue weighted by Gasteiger charge is 2.23. The fourth-order valence-electron chi connectivity index (χ4n) is 3.72. The number of amides is 1. The Bertz CT molecular complexity index is 1020. The molecule has 154 valence electrons. The number of benzene rings is 2. The standard InChI is InChI=1S/C23H26N6O/c24-17-5-3-4-16(12-17)21-13-22(27-14-26-21)28-18-10-8-15(9-11-18)23(30)29-20-7-2-1-6-19(20)25/h3-5,8-14,19-20H,1-2,6-7,24-25H2,(H,29,30)(H,26,27,28)/t19-,20-/m0/s1. The molecule has 7 heteroatoms. The van der Waals surface area contributed by atoms with E-state index in [-0.39, 0.29) is 18.0 Å². The van der Waals surface area contributed by atoms with Crippen LogP contribution in [-0.4, -0.2) is 28.0 Å². The summed E-state index contributed by atoms with van der Waals surface area (Å²) in [4.78, 5) is 21.1. The zero-order valence-corrected chi connectivity index (χ0v) is 16.7. The Morgan fingerprint density at radius 2 is 1.80 bits per heavy atom. The lowest BCUT2D eigenvalue weighted by atomic mass is 9.91. The van der Waals surface area contributed by atoms with Gasteiger partial charge in [-0.1, -0.05) is 25.0 Å². The predicted molar refractivity (Wildman–Crippen MR) is 119 cm³/mol. The number of carbonyl (C=O) groups excluding carboxylic acids is 1. The summed E-state index contributed by atoms with van der Waals surface area (Å²) in [5.74, 6) is 0.572. The highest BCUT2D eigenvalue weighted by molar-refractivity contribution is 5.94. The van der Waals surface area contributed by atoms with E-state index in [2.05, 4.69) is 20.6 Å². The molecule has 2 aromatic carbocycles. The molecular formula is C23H26N6O. The summed E-state index contributed by atoms with van der Waals surface area (Å²) >= 11 is 0. The predicted octanol–water partition coefficient (Wildman–Crippen LogP) is 3.47. The molecule has 0 radical (unpaired) electrons. The topological polar surface area (TPSA) is 119 Å². The number of anilines is 3. The van der Waals surface area contributed by atoms with E-state index in [1.165, 1.54) is 6.33 Å². The molecule has 7 nitrogen and oxygen atoms in total. The van der Waals surface area contributed by atoms with Crippen LogP contribution in [0.15, 0.2) is 60.9 Å². The van der Waals surface area contributed by atoms with Crippen molar-refractivity contribution < 1.29 is 4.79 Å². The highest BCUT2D eigenvalue weighted by atomic mass is 16.1. The maximum absolute atomic E-state index is 12.5. The molecule has 0 spiro atoms. The van der Waals surface area contributed by atoms with Crippen LogP contribution in [0.4, 0.5) is 17.2 Å². The Morgan fingerprint density at radius 1 is 1.00 bits per heavy atom. The number of nitrogens with zero attached hydrogens (tertiary/aromatic N) is 2. The van der Waals surface area contributed by atoms with E-state index in [9.17, 15) is 4.79 Å². The van der Waals surface area contributed by atoms with Crippen molar-refractivity contribution in [1.82, 2.24) is 15.3 Å². The van der Waals surface area contributed by atoms with Crippen LogP contribution in [-0.2, 0) is 0 Å². The third-order valence-corrected chi connectivity index (χ3v) is 5.40. The minimum absolute atomic E-state index is 0.0376. The van der Waals surface area contributed by atoms with Crippen molar-refractivity contribution in [3.63, 3.8) is 0 Å². The van der Waals surface area contributed by atoms with Gasteiger partial charge in [-0.25, -0.2) is 9.97 Å². The number of carbonyl (C=O) groups is 1. The second kappa shape index (κ2) is 8.92. The van der Waals surface area contributed by atoms with Crippen LogP contribution in [0.1, 0.15) is 36.0 Å². The van der Waals surface area contributed by atoms with Gasteiger partial charge in [0.05, 0.1) is 5.69 Å². The Balaban J connectivity index is 1.42. The summed E-state index contributed by atoms with van der Waals surface area (Å²) in [7, 11) is 0. The number of nitrogen functional groups attached to an aromatic ring is 1. The molecule has 0 unspecified atom stereocenters. The zero-order valence-electron chi connectivity index (χ0n) is 16.7. The Labute approximate surface area is 175 Å². The Hall–Kier alpha value is -3.45. The number of aromatic nitrogens is 2. The minimum Gasteiger partial charge on any atom is -0.399 e. The van der Waals surface area contributed by atoms with E-state index in [1.54, 1.807) is 12.1 Å². The molecule has 1 aromatic heterocycles. The molecule has 1 amide bonds. The molecule has 1 heterocycles. The molecule has 3 aromatic rings. The molecule has 4 rings (SSSR count). The molecule has 0 bridgehead atoms. The average Bonchev–Trinajstić information content (AvgIpc) is 2.76. The SMILES string of the molecule is Nc1cccc(-c2cc(Nc3ccc(C(=O)N[C@H]4CCCC[C@@H]4N)cc3)ncn2)c1. The highest BCUT2D eigenvalue weighted by Crippen LogP contribution is 2.23. The van der Waals surface area contributed by atoms with Gasteiger partial charge < -0.3 is 22.1 Å². The van der Waals surface area contributed by atoms with Crippen molar-refractivity contribution in [2.75, 3.05) is 11.1 Å². The van der Waals surface area contributed by atoms with E-state index >= 15 is 0 Å². The van der Waals surface area contributed by atoms with Crippen molar-refractivity contribution in [1.29, 1.82) is 0 Å². The second-order valence-electron chi connectivity index (χ2n) is 7.64. The van der Waals surface area contributed by atoms with Gasteiger partial charge in [-0.3, -0.25) is 4.79 Å². The third kappa shape index (κ3) is 4.75. The first-order chi connectivity index (χ1) is 14.6. The lowest BCUT2D eigenvalue weighted by Crippen LogP contribution is -2.49. The Morgan fingerprint density at radius 3 is 2.57 bits per heavy atom. The van der Waals surface area contributed by atoms with Crippen LogP contribution in [0.3, 0.4) is 0 Å². The van der Waals surface area contributed by atoms with Crippen molar-refractivity contribution in [2.24, 2.45) is 5.73 Å². The quantitative estimate of drug-likeness (QED) is 0.485. The van der Waals surface area contributed by atoms with Gasteiger partial charge in [-0.15, -0.1) is 0 Å². The number of hydrogen-bond donors (Lipinski definition) is 4. The van der Waals surface area contributed by atoms with Gasteiger partial charge in [0.2, 0.25) is 0 Å². The van der Waals surface area contributed by atoms with E-state index < -0.39 is 0 Å². The van der Waals surface area contributed by atoms with Crippen molar-refractivity contribution in [3.05, 3.63) is 66.5 Å². The van der Waals surface area contributed by atoms with E-state index in [0.717, 1.165) is 42.6 Å². The maximum atomic E-state index is 12.5. The van der Waals surface area contributed by atoms with Crippen LogP contribution in [0.25, 0.3) is 11.3 Å². The fourth-order valence-corrected chi connectivity index (χ4v) is 3.72. The molecular weight excluding hydrogens is 376 g/mol. The van der Waals surface area contributed by atoms with Gasteiger partial charge in [-0.2, -0.15) is 0 Å². The zero-order chi connectivity index (χ0) is 20.9. The molecule has 30 heavy (non-hydrogen) atoms. The summed E-state index contributed by atoms with van der Waals surface area (Å²) in [6.07, 6.45) is 5.66. The summed E-state index contributed by atoms with van der Waals surface area (Å²) in [5.41, 5.74) is 15.8. The first-order valence-electron chi connectivity index (χ1n) is 10.2. The van der Waals surface area contributed by atoms with Crippen molar-refractivity contribution >= 4 is 23.1 Å². The van der Waals surface area contributed by atoms with Crippen LogP contribution in [0.2, 0.25) is 0 Å². The lowest BCUT2D eigenvalue weighted by molar-refractivity contribution is 0.0921. The second-order valence-corrected chi connectivity index (χ2v) is 7.64. The fraction of sp³-hybridized carbons (Fsp3) is 0.261. The van der Waals surface area contributed by atoms with Gasteiger partial charge in [0, 0.05) is 40.7 Å². The maximum Gasteiger partial charge on any atom is 0.251 e. The number of nitrogens with one attached hydrogen (secondary N) is 2. The summed E-state index contributed by atoms with van der Waals surface area (Å²) in [5, 5.41) is 6.32. The molecule has 1 aliphatic carbocycles. The lowest BCUT2D eigenvalue weighted by Gasteiger charge is -2.29. The van der Waals surface area contributed by atoms with Crippen LogP contribution >= 0.6 is 0 Å². The van der Waals surface area contributed by atoms with Gasteiger partial charge in [0.25, 0.3) is 5.91 Å². The summed E-state index contributed by atoms with van der Waals surface area (Å²) in [6, 6.07) is 16.8. The number of rotatable bonds is 5. The molecule has 1 saturated carbocycles. The van der Waals surface area contributed by atoms with E-state index in [1.807, 2.05) is 42.5 Å². The molecule has 2 atom stereocenters. The number of nitrogens with two attached hydrogens (primary N) is 2. The van der Waals surface area contributed by atoms with Crippen molar-refractivity contribution in [2.45, 2.75) is 37.8 Å². The first kappa shape index (κ1) is 19.8. The van der Waals surface area contributed by atoms with E-state index in [0.29, 0.717) is 17.1 Å². The number of hydrogen-bond acceptors (Lipinski definition) is 6. The molecule has 1 aliphatic rings. The smallest absolute Gasteiger partial charge is 0.251 e. The van der Waals surface area contributed by atoms with Gasteiger partial charge >= 0.3 is 0 Å². The molecule has 0 saturated heterocycles. The van der Waals surface area contributed by atoms with Crippen LogP contribution in [0.5, 0.6) is 0 Å². The van der Waals surface area contributed by atoms with Crippen molar-refractivity contribution in [3.8, 4) is 11.3 Å². The largest absolute Gasteiger partial charge is 0.399 e. The average molecular weight is 403 g/mol. The monoisotopic (exact) mass is 402 g/mol. The molecule has 6 N–H and O–H groups in total. The summed E-state index contributed by atoms with van der Waals surface area (Å²) in [6.45, 7) is 0. The third-order valence-electron chi connectivity index (χ3n) is 5.40. The Kier molecular flexibility index (Phi) is 5.90. The van der Waals surface area contributed by atoms with E-state index in [4.69, 9.17) is 11.5 Å². The van der Waals surface area contributed by atoms with Gasteiger partial charge in [0.15, 0.2) is 0 Å². The minimum atomic E-state index is -0.0881. The first-order valence-corrected chi connectivity index (χ1v) is 10.2. The molecule has 1 fully saturated rings. The molecule has 0 aliphatic heterocycles.